The van der Waals surface area contributed by atoms with E-state index in [4.69, 9.17) is 9.26 Å². The van der Waals surface area contributed by atoms with Crippen LogP contribution in [-0.4, -0.2) is 34.6 Å². The van der Waals surface area contributed by atoms with Crippen molar-refractivity contribution in [3.05, 3.63) is 65.5 Å². The summed E-state index contributed by atoms with van der Waals surface area (Å²) in [5.74, 6) is 2.01. The normalized spacial score (nSPS) is 16.2. The highest BCUT2D eigenvalue weighted by Gasteiger charge is 2.33. The van der Waals surface area contributed by atoms with Gasteiger partial charge in [0.25, 0.3) is 0 Å². The number of aryl methyl sites for hydroxylation is 2. The van der Waals surface area contributed by atoms with E-state index >= 15 is 0 Å². The van der Waals surface area contributed by atoms with Gasteiger partial charge < -0.3 is 14.2 Å². The number of likely N-dealkylation sites (tertiary alicyclic amines) is 1. The van der Waals surface area contributed by atoms with Crippen molar-refractivity contribution in [3.63, 3.8) is 0 Å². The van der Waals surface area contributed by atoms with Crippen LogP contribution in [0.2, 0.25) is 0 Å². The van der Waals surface area contributed by atoms with Crippen LogP contribution in [0.15, 0.2) is 53.1 Å². The highest BCUT2D eigenvalue weighted by Crippen LogP contribution is 2.33. The van der Waals surface area contributed by atoms with E-state index in [2.05, 4.69) is 10.1 Å². The fourth-order valence-electron chi connectivity index (χ4n) is 3.89. The zero-order chi connectivity index (χ0) is 20.2. The number of methoxy groups -OCH3 is 1. The van der Waals surface area contributed by atoms with Crippen molar-refractivity contribution in [2.75, 3.05) is 13.7 Å². The zero-order valence-corrected chi connectivity index (χ0v) is 16.8. The Labute approximate surface area is 170 Å². The number of carbonyl (C=O) groups excluding carboxylic acids is 1. The molecule has 0 spiro atoms. The summed E-state index contributed by atoms with van der Waals surface area (Å²) >= 11 is 0. The Balaban J connectivity index is 1.46. The summed E-state index contributed by atoms with van der Waals surface area (Å²) in [6.07, 6.45) is 2.85. The lowest BCUT2D eigenvalue weighted by atomic mass is 10.1. The van der Waals surface area contributed by atoms with Crippen molar-refractivity contribution in [2.45, 2.75) is 38.6 Å². The third-order valence-electron chi connectivity index (χ3n) is 5.38. The first-order chi connectivity index (χ1) is 14.2. The molecule has 29 heavy (non-hydrogen) atoms. The van der Waals surface area contributed by atoms with Gasteiger partial charge in [0, 0.05) is 18.5 Å². The molecule has 1 fully saturated rings. The minimum atomic E-state index is -0.147. The third-order valence-corrected chi connectivity index (χ3v) is 5.38. The molecule has 6 heteroatoms. The van der Waals surface area contributed by atoms with Crippen LogP contribution < -0.4 is 4.74 Å². The lowest BCUT2D eigenvalue weighted by Gasteiger charge is -2.22. The molecule has 2 aromatic carbocycles. The van der Waals surface area contributed by atoms with Gasteiger partial charge in [0.15, 0.2) is 0 Å². The molecular weight excluding hydrogens is 366 g/mol. The molecule has 0 saturated carbocycles. The highest BCUT2D eigenvalue weighted by atomic mass is 16.5. The van der Waals surface area contributed by atoms with E-state index in [1.54, 1.807) is 7.11 Å². The molecule has 0 radical (unpaired) electrons. The summed E-state index contributed by atoms with van der Waals surface area (Å²) in [5, 5.41) is 4.14. The molecule has 1 atom stereocenters. The topological polar surface area (TPSA) is 68.5 Å². The number of hydrogen-bond acceptors (Lipinski definition) is 5. The van der Waals surface area contributed by atoms with Gasteiger partial charge in [-0.25, -0.2) is 0 Å². The van der Waals surface area contributed by atoms with Gasteiger partial charge in [0.05, 0.1) is 7.11 Å². The fraction of sp³-hybridized carbons (Fsp3) is 0.348. The molecule has 0 N–H and O–H groups in total. The molecule has 4 rings (SSSR count). The molecule has 3 aromatic rings. The van der Waals surface area contributed by atoms with Crippen molar-refractivity contribution in [1.29, 1.82) is 0 Å². The molecule has 2 heterocycles. The number of amides is 1. The van der Waals surface area contributed by atoms with Gasteiger partial charge in [-0.1, -0.05) is 47.1 Å². The van der Waals surface area contributed by atoms with Crippen molar-refractivity contribution in [2.24, 2.45) is 0 Å². The summed E-state index contributed by atoms with van der Waals surface area (Å²) < 4.78 is 10.9. The maximum Gasteiger partial charge on any atom is 0.249 e. The van der Waals surface area contributed by atoms with Gasteiger partial charge in [0.2, 0.25) is 17.6 Å². The smallest absolute Gasteiger partial charge is 0.249 e. The molecule has 0 bridgehead atoms. The van der Waals surface area contributed by atoms with E-state index in [0.29, 0.717) is 24.6 Å². The number of aromatic nitrogens is 2. The Hall–Kier alpha value is -3.15. The first-order valence-electron chi connectivity index (χ1n) is 9.97. The largest absolute Gasteiger partial charge is 0.496 e. The number of nitrogens with zero attached hydrogens (tertiary/aromatic N) is 3. The summed E-state index contributed by atoms with van der Waals surface area (Å²) in [6, 6.07) is 15.7. The van der Waals surface area contributed by atoms with Crippen molar-refractivity contribution >= 4 is 5.91 Å². The second kappa shape index (κ2) is 8.47. The number of ether oxygens (including phenoxy) is 1. The predicted molar refractivity (Wildman–Crippen MR) is 109 cm³/mol. The average Bonchev–Trinajstić information content (AvgIpc) is 3.41. The Kier molecular flexibility index (Phi) is 5.60. The molecule has 1 aliphatic rings. The second-order valence-electron chi connectivity index (χ2n) is 7.38. The van der Waals surface area contributed by atoms with Gasteiger partial charge in [-0.2, -0.15) is 4.98 Å². The molecule has 6 nitrogen and oxygen atoms in total. The number of carbonyl (C=O) groups is 1. The van der Waals surface area contributed by atoms with E-state index in [-0.39, 0.29) is 11.9 Å². The average molecular weight is 391 g/mol. The Morgan fingerprint density at radius 1 is 1.24 bits per heavy atom. The van der Waals surface area contributed by atoms with Crippen LogP contribution in [0.25, 0.3) is 11.4 Å². The summed E-state index contributed by atoms with van der Waals surface area (Å²) in [6.45, 7) is 2.75. The molecule has 150 valence electrons. The monoisotopic (exact) mass is 391 g/mol. The molecule has 1 saturated heterocycles. The zero-order valence-electron chi connectivity index (χ0n) is 16.8. The number of hydrogen-bond donors (Lipinski definition) is 0. The standard InChI is InChI=1S/C23H25N3O3/c1-16-7-5-9-18(15-16)22-24-23(29-25-22)19-10-6-14-26(19)21(27)13-12-17-8-3-4-11-20(17)28-2/h3-5,7-9,11,15,19H,6,10,12-14H2,1-2H3/t19-/m1/s1. The molecule has 1 amide bonds. The van der Waals surface area contributed by atoms with E-state index in [1.807, 2.05) is 60.4 Å². The number of benzene rings is 2. The first-order valence-corrected chi connectivity index (χ1v) is 9.97. The maximum absolute atomic E-state index is 12.9. The van der Waals surface area contributed by atoms with E-state index in [9.17, 15) is 4.79 Å². The maximum atomic E-state index is 12.9. The molecule has 0 aliphatic carbocycles. The minimum absolute atomic E-state index is 0.105. The van der Waals surface area contributed by atoms with Crippen LogP contribution in [0.1, 0.15) is 42.3 Å². The third kappa shape index (κ3) is 4.16. The summed E-state index contributed by atoms with van der Waals surface area (Å²) in [7, 11) is 1.65. The first kappa shape index (κ1) is 19.2. The van der Waals surface area contributed by atoms with Gasteiger partial charge in [0.1, 0.15) is 11.8 Å². The summed E-state index contributed by atoms with van der Waals surface area (Å²) in [5.41, 5.74) is 3.11. The van der Waals surface area contributed by atoms with E-state index < -0.39 is 0 Å². The number of para-hydroxylation sites is 1. The predicted octanol–water partition coefficient (Wildman–Crippen LogP) is 4.35. The molecule has 0 unspecified atom stereocenters. The Morgan fingerprint density at radius 3 is 2.93 bits per heavy atom. The minimum Gasteiger partial charge on any atom is -0.496 e. The molecular formula is C23H25N3O3. The van der Waals surface area contributed by atoms with E-state index in [0.717, 1.165) is 41.8 Å². The van der Waals surface area contributed by atoms with Crippen LogP contribution in [0.3, 0.4) is 0 Å². The highest BCUT2D eigenvalue weighted by molar-refractivity contribution is 5.77. The molecule has 1 aliphatic heterocycles. The fourth-order valence-corrected chi connectivity index (χ4v) is 3.89. The Bertz CT molecular complexity index is 998. The van der Waals surface area contributed by atoms with Crippen LogP contribution in [0.4, 0.5) is 0 Å². The molecule has 1 aromatic heterocycles. The van der Waals surface area contributed by atoms with E-state index in [1.165, 1.54) is 0 Å². The van der Waals surface area contributed by atoms with Gasteiger partial charge in [-0.05, 0) is 43.9 Å². The van der Waals surface area contributed by atoms with Crippen molar-refractivity contribution in [1.82, 2.24) is 15.0 Å². The quantitative estimate of drug-likeness (QED) is 0.625. The second-order valence-corrected chi connectivity index (χ2v) is 7.38. The Morgan fingerprint density at radius 2 is 2.10 bits per heavy atom. The number of rotatable bonds is 6. The SMILES string of the molecule is COc1ccccc1CCC(=O)N1CCC[C@@H]1c1nc(-c2cccc(C)c2)no1. The lowest BCUT2D eigenvalue weighted by Crippen LogP contribution is -2.30. The van der Waals surface area contributed by atoms with Crippen molar-refractivity contribution < 1.29 is 14.1 Å². The van der Waals surface area contributed by atoms with Gasteiger partial charge in [-0.3, -0.25) is 4.79 Å². The lowest BCUT2D eigenvalue weighted by molar-refractivity contribution is -0.132. The van der Waals surface area contributed by atoms with Crippen LogP contribution in [0, 0.1) is 6.92 Å². The summed E-state index contributed by atoms with van der Waals surface area (Å²) in [4.78, 5) is 19.4. The van der Waals surface area contributed by atoms with Crippen LogP contribution in [0.5, 0.6) is 5.75 Å². The van der Waals surface area contributed by atoms with Gasteiger partial charge in [-0.15, -0.1) is 0 Å². The van der Waals surface area contributed by atoms with Crippen LogP contribution >= 0.6 is 0 Å². The van der Waals surface area contributed by atoms with Crippen molar-refractivity contribution in [3.8, 4) is 17.1 Å². The van der Waals surface area contributed by atoms with Crippen LogP contribution in [-0.2, 0) is 11.2 Å². The van der Waals surface area contributed by atoms with Gasteiger partial charge >= 0.3 is 0 Å².